The first-order valence-corrected chi connectivity index (χ1v) is 7.05. The fourth-order valence-corrected chi connectivity index (χ4v) is 2.37. The van der Waals surface area contributed by atoms with Crippen LogP contribution in [-0.2, 0) is 6.54 Å². The predicted octanol–water partition coefficient (Wildman–Crippen LogP) is 3.91. The van der Waals surface area contributed by atoms with Crippen LogP contribution in [0.2, 0.25) is 0 Å². The number of hydrogen-bond donors (Lipinski definition) is 0. The molecule has 0 radical (unpaired) electrons. The lowest BCUT2D eigenvalue weighted by Gasteiger charge is -2.23. The van der Waals surface area contributed by atoms with Crippen molar-refractivity contribution in [3.63, 3.8) is 0 Å². The zero-order valence-electron chi connectivity index (χ0n) is 11.7. The van der Waals surface area contributed by atoms with Crippen molar-refractivity contribution in [2.24, 2.45) is 0 Å². The second-order valence-electron chi connectivity index (χ2n) is 5.41. The van der Waals surface area contributed by atoms with Gasteiger partial charge in [-0.3, -0.25) is 4.79 Å². The Bertz CT molecular complexity index is 713. The van der Waals surface area contributed by atoms with E-state index in [1.54, 1.807) is 0 Å². The van der Waals surface area contributed by atoms with Gasteiger partial charge in [0, 0.05) is 29.8 Å². The molecular weight excluding hydrogens is 291 g/mol. The Morgan fingerprint density at radius 2 is 1.77 bits per heavy atom. The van der Waals surface area contributed by atoms with Gasteiger partial charge >= 0.3 is 0 Å². The van der Waals surface area contributed by atoms with Gasteiger partial charge in [0.05, 0.1) is 0 Å². The van der Waals surface area contributed by atoms with Gasteiger partial charge in [0.25, 0.3) is 5.91 Å². The first kappa shape index (κ1) is 14.6. The molecule has 2 aromatic rings. The number of nitrogens with zero attached hydrogens (tertiary/aromatic N) is 1. The zero-order valence-corrected chi connectivity index (χ0v) is 11.7. The molecule has 0 bridgehead atoms. The van der Waals surface area contributed by atoms with Crippen LogP contribution in [0.5, 0.6) is 0 Å². The zero-order chi connectivity index (χ0) is 15.7. The molecule has 1 aliphatic carbocycles. The standard InChI is InChI=1S/C17H14F3NO/c18-13-3-1-2-11(8-13)17(22)21(15-6-7-15)10-12-4-5-14(19)9-16(12)20/h1-5,8-9,15H,6-7,10H2. The highest BCUT2D eigenvalue weighted by Gasteiger charge is 2.33. The summed E-state index contributed by atoms with van der Waals surface area (Å²) >= 11 is 0. The molecule has 0 spiro atoms. The second-order valence-corrected chi connectivity index (χ2v) is 5.41. The van der Waals surface area contributed by atoms with Crippen molar-refractivity contribution in [3.8, 4) is 0 Å². The van der Waals surface area contributed by atoms with Gasteiger partial charge in [0.1, 0.15) is 17.5 Å². The highest BCUT2D eigenvalue weighted by molar-refractivity contribution is 5.94. The molecule has 3 rings (SSSR count). The van der Waals surface area contributed by atoms with E-state index in [2.05, 4.69) is 0 Å². The monoisotopic (exact) mass is 305 g/mol. The summed E-state index contributed by atoms with van der Waals surface area (Å²) in [6, 6.07) is 8.74. The van der Waals surface area contributed by atoms with Gasteiger partial charge in [0.2, 0.25) is 0 Å². The normalized spacial score (nSPS) is 14.0. The molecule has 0 unspecified atom stereocenters. The third-order valence-electron chi connectivity index (χ3n) is 3.68. The molecule has 0 N–H and O–H groups in total. The van der Waals surface area contributed by atoms with E-state index in [1.807, 2.05) is 0 Å². The quantitative estimate of drug-likeness (QED) is 0.838. The molecule has 1 saturated carbocycles. The number of benzene rings is 2. The van der Waals surface area contributed by atoms with Crippen LogP contribution in [0.25, 0.3) is 0 Å². The van der Waals surface area contributed by atoms with Crippen LogP contribution in [0.1, 0.15) is 28.8 Å². The summed E-state index contributed by atoms with van der Waals surface area (Å²) < 4.78 is 40.0. The van der Waals surface area contributed by atoms with Crippen LogP contribution >= 0.6 is 0 Å². The van der Waals surface area contributed by atoms with Crippen LogP contribution in [0.3, 0.4) is 0 Å². The Hall–Kier alpha value is -2.30. The van der Waals surface area contributed by atoms with E-state index in [0.29, 0.717) is 0 Å². The fraction of sp³-hybridized carbons (Fsp3) is 0.235. The summed E-state index contributed by atoms with van der Waals surface area (Å²) in [5.74, 6) is -2.17. The first-order valence-electron chi connectivity index (χ1n) is 7.05. The van der Waals surface area contributed by atoms with Crippen molar-refractivity contribution < 1.29 is 18.0 Å². The molecule has 5 heteroatoms. The Kier molecular flexibility index (Phi) is 3.88. The van der Waals surface area contributed by atoms with Crippen molar-refractivity contribution in [1.82, 2.24) is 4.90 Å². The Morgan fingerprint density at radius 1 is 1.05 bits per heavy atom. The smallest absolute Gasteiger partial charge is 0.254 e. The van der Waals surface area contributed by atoms with Gasteiger partial charge in [-0.15, -0.1) is 0 Å². The number of halogens is 3. The predicted molar refractivity (Wildman–Crippen MR) is 75.7 cm³/mol. The molecule has 0 saturated heterocycles. The molecule has 114 valence electrons. The summed E-state index contributed by atoms with van der Waals surface area (Å²) in [6.45, 7) is 0.0477. The SMILES string of the molecule is O=C(c1cccc(F)c1)N(Cc1ccc(F)cc1F)C1CC1. The van der Waals surface area contributed by atoms with Crippen LogP contribution in [0, 0.1) is 17.5 Å². The van der Waals surface area contributed by atoms with Crippen molar-refractivity contribution in [3.05, 3.63) is 71.0 Å². The van der Waals surface area contributed by atoms with Crippen LogP contribution < -0.4 is 0 Å². The van der Waals surface area contributed by atoms with Gasteiger partial charge < -0.3 is 4.90 Å². The Labute approximate surface area is 126 Å². The molecule has 22 heavy (non-hydrogen) atoms. The van der Waals surface area contributed by atoms with Crippen LogP contribution in [0.4, 0.5) is 13.2 Å². The van der Waals surface area contributed by atoms with Gasteiger partial charge in [-0.2, -0.15) is 0 Å². The number of amides is 1. The van der Waals surface area contributed by atoms with E-state index < -0.39 is 17.5 Å². The molecule has 0 heterocycles. The minimum atomic E-state index is -0.683. The summed E-state index contributed by atoms with van der Waals surface area (Å²) in [7, 11) is 0. The third kappa shape index (κ3) is 3.13. The van der Waals surface area contributed by atoms with Gasteiger partial charge in [-0.05, 0) is 37.1 Å². The second kappa shape index (κ2) is 5.83. The highest BCUT2D eigenvalue weighted by Crippen LogP contribution is 2.30. The van der Waals surface area contributed by atoms with E-state index >= 15 is 0 Å². The van der Waals surface area contributed by atoms with E-state index in [4.69, 9.17) is 0 Å². The molecule has 2 aromatic carbocycles. The molecule has 0 aromatic heterocycles. The average molecular weight is 305 g/mol. The van der Waals surface area contributed by atoms with Crippen molar-refractivity contribution >= 4 is 5.91 Å². The van der Waals surface area contributed by atoms with Gasteiger partial charge in [-0.1, -0.05) is 12.1 Å². The van der Waals surface area contributed by atoms with E-state index in [1.165, 1.54) is 35.2 Å². The molecule has 2 nitrogen and oxygen atoms in total. The minimum Gasteiger partial charge on any atom is -0.331 e. The molecular formula is C17H14F3NO. The lowest BCUT2D eigenvalue weighted by Crippen LogP contribution is -2.33. The summed E-state index contributed by atoms with van der Waals surface area (Å²) in [5.41, 5.74) is 0.479. The maximum Gasteiger partial charge on any atom is 0.254 e. The van der Waals surface area contributed by atoms with Crippen molar-refractivity contribution in [2.75, 3.05) is 0 Å². The lowest BCUT2D eigenvalue weighted by molar-refractivity contribution is 0.0727. The Balaban J connectivity index is 1.85. The molecule has 1 fully saturated rings. The van der Waals surface area contributed by atoms with Crippen LogP contribution in [-0.4, -0.2) is 16.8 Å². The average Bonchev–Trinajstić information content (AvgIpc) is 3.30. The van der Waals surface area contributed by atoms with E-state index in [-0.39, 0.29) is 29.6 Å². The topological polar surface area (TPSA) is 20.3 Å². The first-order chi connectivity index (χ1) is 10.5. The van der Waals surface area contributed by atoms with Gasteiger partial charge in [-0.25, -0.2) is 13.2 Å². The maximum absolute atomic E-state index is 13.8. The molecule has 0 aliphatic heterocycles. The van der Waals surface area contributed by atoms with Gasteiger partial charge in [0.15, 0.2) is 0 Å². The molecule has 1 amide bonds. The summed E-state index contributed by atoms with van der Waals surface area (Å²) in [4.78, 5) is 14.0. The summed E-state index contributed by atoms with van der Waals surface area (Å²) in [5, 5.41) is 0. The minimum absolute atomic E-state index is 0.0280. The van der Waals surface area contributed by atoms with Crippen LogP contribution in [0.15, 0.2) is 42.5 Å². The number of hydrogen-bond acceptors (Lipinski definition) is 1. The molecule has 0 atom stereocenters. The maximum atomic E-state index is 13.8. The number of carbonyl (C=O) groups is 1. The largest absolute Gasteiger partial charge is 0.331 e. The summed E-state index contributed by atoms with van der Waals surface area (Å²) in [6.07, 6.45) is 1.67. The third-order valence-corrected chi connectivity index (χ3v) is 3.68. The fourth-order valence-electron chi connectivity index (χ4n) is 2.37. The van der Waals surface area contributed by atoms with Crippen molar-refractivity contribution in [1.29, 1.82) is 0 Å². The highest BCUT2D eigenvalue weighted by atomic mass is 19.1. The Morgan fingerprint density at radius 3 is 2.41 bits per heavy atom. The number of rotatable bonds is 4. The number of carbonyl (C=O) groups excluding carboxylic acids is 1. The lowest BCUT2D eigenvalue weighted by atomic mass is 10.1. The molecule has 1 aliphatic rings. The van der Waals surface area contributed by atoms with E-state index in [0.717, 1.165) is 25.0 Å². The van der Waals surface area contributed by atoms with Crippen molar-refractivity contribution in [2.45, 2.75) is 25.4 Å². The van der Waals surface area contributed by atoms with E-state index in [9.17, 15) is 18.0 Å².